The Balaban J connectivity index is 1.18. The summed E-state index contributed by atoms with van der Waals surface area (Å²) in [5.74, 6) is 1.22. The highest BCUT2D eigenvalue weighted by molar-refractivity contribution is 6.33. The third kappa shape index (κ3) is 6.16. The first-order valence-corrected chi connectivity index (χ1v) is 13.8. The smallest absolute Gasteiger partial charge is 0.243 e. The molecule has 7 nitrogen and oxygen atoms in total. The number of para-hydroxylation sites is 1. The van der Waals surface area contributed by atoms with E-state index in [1.54, 1.807) is 6.20 Å². The van der Waals surface area contributed by atoms with Gasteiger partial charge in [-0.15, -0.1) is 0 Å². The van der Waals surface area contributed by atoms with Gasteiger partial charge in [-0.05, 0) is 82.9 Å². The van der Waals surface area contributed by atoms with Crippen LogP contribution in [0.1, 0.15) is 58.3 Å². The van der Waals surface area contributed by atoms with Gasteiger partial charge in [0.05, 0.1) is 16.9 Å². The second kappa shape index (κ2) is 11.2. The van der Waals surface area contributed by atoms with E-state index < -0.39 is 0 Å². The minimum absolute atomic E-state index is 0.0620. The third-order valence-electron chi connectivity index (χ3n) is 8.10. The first kappa shape index (κ1) is 25.7. The lowest BCUT2D eigenvalue weighted by atomic mass is 9.79. The summed E-state index contributed by atoms with van der Waals surface area (Å²) in [4.78, 5) is 24.2. The Morgan fingerprint density at radius 2 is 2.03 bits per heavy atom. The summed E-state index contributed by atoms with van der Waals surface area (Å²) in [5, 5.41) is 12.2. The number of carbonyl (C=O) groups is 1. The standard InChI is InChI=1S/C29H37ClN6O/c1-3-26(37)34-20-12-10-19(11-13-20)16-33-29(2)14-6-7-21(15-29)35-28-32-18-24(30)27(36-28)23-17-31-25-9-5-4-8-22(23)25/h3-5,8-9,17-21,31,33H,1,6-7,10-16H2,2H3,(H,34,37)(H,32,35,36)/t19?,20?,21-,29+/m1/s1. The largest absolute Gasteiger partial charge is 0.360 e. The molecule has 0 saturated heterocycles. The first-order valence-electron chi connectivity index (χ1n) is 13.5. The lowest BCUT2D eigenvalue weighted by molar-refractivity contribution is -0.117. The number of aromatic amines is 1. The van der Waals surface area contributed by atoms with E-state index in [9.17, 15) is 4.79 Å². The van der Waals surface area contributed by atoms with Crippen molar-refractivity contribution in [2.75, 3.05) is 11.9 Å². The van der Waals surface area contributed by atoms with Crippen LogP contribution in [0, 0.1) is 5.92 Å². The van der Waals surface area contributed by atoms with Crippen LogP contribution in [0.15, 0.2) is 49.3 Å². The average Bonchev–Trinajstić information content (AvgIpc) is 3.33. The number of anilines is 1. The number of benzene rings is 1. The Bertz CT molecular complexity index is 1250. The third-order valence-corrected chi connectivity index (χ3v) is 8.37. The molecule has 2 saturated carbocycles. The highest BCUT2D eigenvalue weighted by Gasteiger charge is 2.33. The maximum absolute atomic E-state index is 11.6. The molecule has 1 amide bonds. The molecule has 2 heterocycles. The fourth-order valence-electron chi connectivity index (χ4n) is 6.01. The molecule has 37 heavy (non-hydrogen) atoms. The monoisotopic (exact) mass is 520 g/mol. The van der Waals surface area contributed by atoms with Crippen LogP contribution in [0.2, 0.25) is 5.02 Å². The number of H-pyrrole nitrogens is 1. The molecule has 196 valence electrons. The number of hydrogen-bond donors (Lipinski definition) is 4. The maximum atomic E-state index is 11.6. The molecule has 0 aliphatic heterocycles. The number of nitrogens with one attached hydrogen (secondary N) is 4. The van der Waals surface area contributed by atoms with E-state index in [0.717, 1.165) is 80.1 Å². The van der Waals surface area contributed by atoms with Crippen LogP contribution in [0.4, 0.5) is 5.95 Å². The fraction of sp³-hybridized carbons (Fsp3) is 0.483. The molecule has 2 fully saturated rings. The molecule has 3 aromatic rings. The summed E-state index contributed by atoms with van der Waals surface area (Å²) in [6, 6.07) is 8.75. The van der Waals surface area contributed by atoms with Crippen molar-refractivity contribution >= 4 is 34.4 Å². The Morgan fingerprint density at radius 1 is 1.22 bits per heavy atom. The summed E-state index contributed by atoms with van der Waals surface area (Å²) in [7, 11) is 0. The summed E-state index contributed by atoms with van der Waals surface area (Å²) < 4.78 is 0. The fourth-order valence-corrected chi connectivity index (χ4v) is 6.20. The van der Waals surface area contributed by atoms with Gasteiger partial charge in [0.25, 0.3) is 0 Å². The van der Waals surface area contributed by atoms with Gasteiger partial charge < -0.3 is 20.9 Å². The second-order valence-electron chi connectivity index (χ2n) is 10.9. The number of amides is 1. The van der Waals surface area contributed by atoms with E-state index in [0.29, 0.717) is 22.9 Å². The number of carbonyl (C=O) groups excluding carboxylic acids is 1. The van der Waals surface area contributed by atoms with E-state index in [1.165, 1.54) is 6.08 Å². The van der Waals surface area contributed by atoms with Gasteiger partial charge in [0, 0.05) is 40.3 Å². The molecule has 0 radical (unpaired) electrons. The van der Waals surface area contributed by atoms with Crippen molar-refractivity contribution in [1.82, 2.24) is 25.6 Å². The molecule has 2 atom stereocenters. The SMILES string of the molecule is C=CC(=O)NC1CCC(CN[C@@]2(C)CCC[C@@H](Nc3ncc(Cl)c(-c4c[nH]c5ccccc45)n3)C2)CC1. The van der Waals surface area contributed by atoms with Crippen molar-refractivity contribution in [3.05, 3.63) is 54.3 Å². The number of halogens is 1. The first-order chi connectivity index (χ1) is 17.9. The zero-order valence-corrected chi connectivity index (χ0v) is 22.3. The number of aromatic nitrogens is 3. The Hall–Kier alpha value is -2.90. The molecule has 4 N–H and O–H groups in total. The van der Waals surface area contributed by atoms with Gasteiger partial charge in [-0.25, -0.2) is 9.97 Å². The van der Waals surface area contributed by atoms with E-state index in [4.69, 9.17) is 16.6 Å². The van der Waals surface area contributed by atoms with Gasteiger partial charge >= 0.3 is 0 Å². The Labute approximate surface area is 223 Å². The van der Waals surface area contributed by atoms with Crippen LogP contribution in [0.3, 0.4) is 0 Å². The molecular weight excluding hydrogens is 484 g/mol. The Morgan fingerprint density at radius 3 is 2.84 bits per heavy atom. The van der Waals surface area contributed by atoms with Crippen LogP contribution in [0.5, 0.6) is 0 Å². The van der Waals surface area contributed by atoms with Crippen LogP contribution in [-0.4, -0.2) is 45.0 Å². The zero-order chi connectivity index (χ0) is 25.8. The summed E-state index contributed by atoms with van der Waals surface area (Å²) >= 11 is 6.53. The van der Waals surface area contributed by atoms with Gasteiger partial charge in [0.15, 0.2) is 0 Å². The molecular formula is C29H37ClN6O. The molecule has 0 bridgehead atoms. The van der Waals surface area contributed by atoms with Crippen molar-refractivity contribution < 1.29 is 4.79 Å². The molecule has 2 aliphatic carbocycles. The van der Waals surface area contributed by atoms with Crippen molar-refractivity contribution in [3.63, 3.8) is 0 Å². The number of rotatable bonds is 8. The molecule has 1 aromatic carbocycles. The zero-order valence-electron chi connectivity index (χ0n) is 21.5. The highest BCUT2D eigenvalue weighted by atomic mass is 35.5. The molecule has 0 unspecified atom stereocenters. The van der Waals surface area contributed by atoms with Gasteiger partial charge in [0.1, 0.15) is 0 Å². The summed E-state index contributed by atoms with van der Waals surface area (Å²) in [6.07, 6.45) is 13.8. The van der Waals surface area contributed by atoms with Gasteiger partial charge in [0.2, 0.25) is 11.9 Å². The number of fused-ring (bicyclic) bond motifs is 1. The predicted molar refractivity (Wildman–Crippen MR) is 151 cm³/mol. The maximum Gasteiger partial charge on any atom is 0.243 e. The molecule has 0 spiro atoms. The minimum Gasteiger partial charge on any atom is -0.360 e. The van der Waals surface area contributed by atoms with E-state index >= 15 is 0 Å². The van der Waals surface area contributed by atoms with Crippen molar-refractivity contribution in [3.8, 4) is 11.3 Å². The predicted octanol–water partition coefficient (Wildman–Crippen LogP) is 5.84. The minimum atomic E-state index is -0.0620. The van der Waals surface area contributed by atoms with Gasteiger partial charge in [-0.3, -0.25) is 4.79 Å². The molecule has 8 heteroatoms. The molecule has 5 rings (SSSR count). The van der Waals surface area contributed by atoms with E-state index in [-0.39, 0.29) is 17.5 Å². The van der Waals surface area contributed by atoms with E-state index in [2.05, 4.69) is 51.6 Å². The summed E-state index contributed by atoms with van der Waals surface area (Å²) in [5.41, 5.74) is 2.87. The van der Waals surface area contributed by atoms with Crippen LogP contribution in [0.25, 0.3) is 22.2 Å². The summed E-state index contributed by atoms with van der Waals surface area (Å²) in [6.45, 7) is 6.92. The van der Waals surface area contributed by atoms with Gasteiger partial charge in [-0.1, -0.05) is 36.4 Å². The average molecular weight is 521 g/mol. The van der Waals surface area contributed by atoms with Crippen LogP contribution < -0.4 is 16.0 Å². The normalized spacial score (nSPS) is 26.1. The lowest BCUT2D eigenvalue weighted by Gasteiger charge is -2.41. The quantitative estimate of drug-likeness (QED) is 0.280. The number of nitrogens with zero attached hydrogens (tertiary/aromatic N) is 2. The van der Waals surface area contributed by atoms with Crippen LogP contribution in [-0.2, 0) is 4.79 Å². The second-order valence-corrected chi connectivity index (χ2v) is 11.4. The van der Waals surface area contributed by atoms with Crippen molar-refractivity contribution in [2.24, 2.45) is 5.92 Å². The van der Waals surface area contributed by atoms with Crippen LogP contribution >= 0.6 is 11.6 Å². The highest BCUT2D eigenvalue weighted by Crippen LogP contribution is 2.34. The Kier molecular flexibility index (Phi) is 7.81. The molecule has 2 aromatic heterocycles. The molecule has 2 aliphatic rings. The van der Waals surface area contributed by atoms with Gasteiger partial charge in [-0.2, -0.15) is 0 Å². The topological polar surface area (TPSA) is 94.7 Å². The number of hydrogen-bond acceptors (Lipinski definition) is 5. The van der Waals surface area contributed by atoms with E-state index in [1.807, 2.05) is 18.3 Å². The van der Waals surface area contributed by atoms with Crippen molar-refractivity contribution in [2.45, 2.75) is 75.9 Å². The van der Waals surface area contributed by atoms with Crippen molar-refractivity contribution in [1.29, 1.82) is 0 Å². The lowest BCUT2D eigenvalue weighted by Crippen LogP contribution is -2.51.